The van der Waals surface area contributed by atoms with Gasteiger partial charge in [0.1, 0.15) is 0 Å². The van der Waals surface area contributed by atoms with Crippen LogP contribution in [-0.2, 0) is 11.2 Å². The lowest BCUT2D eigenvalue weighted by molar-refractivity contribution is -0.123. The van der Waals surface area contributed by atoms with Crippen molar-refractivity contribution >= 4 is 24.0 Å². The summed E-state index contributed by atoms with van der Waals surface area (Å²) >= 11 is 0. The fraction of sp³-hybridized carbons (Fsp3) is 0.538. The number of anilines is 1. The lowest BCUT2D eigenvalue weighted by atomic mass is 9.95. The van der Waals surface area contributed by atoms with Gasteiger partial charge < -0.3 is 16.2 Å². The Balaban J connectivity index is 0.00000324. The number of amides is 1. The summed E-state index contributed by atoms with van der Waals surface area (Å²) in [6.45, 7) is 5.45. The minimum atomic E-state index is -0.459. The molecule has 0 aromatic carbocycles. The molecule has 1 unspecified atom stereocenters. The van der Waals surface area contributed by atoms with Crippen LogP contribution >= 0.6 is 12.4 Å². The second-order valence-corrected chi connectivity index (χ2v) is 5.38. The molecule has 0 saturated heterocycles. The van der Waals surface area contributed by atoms with E-state index in [1.54, 1.807) is 18.5 Å². The van der Waals surface area contributed by atoms with E-state index in [0.29, 0.717) is 12.1 Å². The summed E-state index contributed by atoms with van der Waals surface area (Å²) < 4.78 is 0. The van der Waals surface area contributed by atoms with E-state index in [9.17, 15) is 4.79 Å². The lowest BCUT2D eigenvalue weighted by Crippen LogP contribution is -2.30. The van der Waals surface area contributed by atoms with Gasteiger partial charge in [-0.15, -0.1) is 12.4 Å². The summed E-state index contributed by atoms with van der Waals surface area (Å²) in [7, 11) is 0. The van der Waals surface area contributed by atoms with Crippen LogP contribution in [0, 0.1) is 5.41 Å². The van der Waals surface area contributed by atoms with E-state index in [1.807, 2.05) is 20.8 Å². The van der Waals surface area contributed by atoms with Crippen LogP contribution in [0.4, 0.5) is 5.69 Å². The molecule has 1 aromatic heterocycles. The molecule has 1 atom stereocenters. The number of aliphatic hydroxyl groups is 1. The Bertz CT molecular complexity index is 419. The summed E-state index contributed by atoms with van der Waals surface area (Å²) in [5.41, 5.74) is 6.77. The predicted molar refractivity (Wildman–Crippen MR) is 78.3 cm³/mol. The van der Waals surface area contributed by atoms with Crippen LogP contribution in [0.15, 0.2) is 18.5 Å². The van der Waals surface area contributed by atoms with Gasteiger partial charge in [-0.25, -0.2) is 0 Å². The Labute approximate surface area is 120 Å². The first-order valence-electron chi connectivity index (χ1n) is 5.95. The van der Waals surface area contributed by atoms with Gasteiger partial charge in [0.15, 0.2) is 0 Å². The topological polar surface area (TPSA) is 88.2 Å². The molecule has 0 bridgehead atoms. The molecule has 4 N–H and O–H groups in total. The van der Waals surface area contributed by atoms with Gasteiger partial charge in [-0.1, -0.05) is 20.8 Å². The number of aromatic nitrogens is 1. The van der Waals surface area contributed by atoms with Gasteiger partial charge in [-0.3, -0.25) is 9.78 Å². The van der Waals surface area contributed by atoms with Crippen molar-refractivity contribution in [2.45, 2.75) is 33.2 Å². The summed E-state index contributed by atoms with van der Waals surface area (Å²) in [4.78, 5) is 15.9. The van der Waals surface area contributed by atoms with Crippen LogP contribution < -0.4 is 11.1 Å². The maximum absolute atomic E-state index is 11.9. The quantitative estimate of drug-likeness (QED) is 0.780. The molecule has 0 aliphatic heterocycles. The SMILES string of the molecule is CC(C)(C)C(=O)Nc1ccncc1CC(N)CO.Cl. The summed E-state index contributed by atoms with van der Waals surface area (Å²) in [6, 6.07) is 1.39. The second kappa shape index (κ2) is 7.43. The highest BCUT2D eigenvalue weighted by atomic mass is 35.5. The third-order valence-electron chi connectivity index (χ3n) is 2.55. The Morgan fingerprint density at radius 2 is 2.16 bits per heavy atom. The minimum absolute atomic E-state index is 0. The highest BCUT2D eigenvalue weighted by Gasteiger charge is 2.22. The molecule has 0 radical (unpaired) electrons. The average molecular weight is 288 g/mol. The number of rotatable bonds is 4. The molecule has 19 heavy (non-hydrogen) atoms. The summed E-state index contributed by atoms with van der Waals surface area (Å²) in [5, 5.41) is 11.8. The third-order valence-corrected chi connectivity index (χ3v) is 2.55. The normalized spacial score (nSPS) is 12.5. The van der Waals surface area contributed by atoms with Crippen LogP contribution in [-0.4, -0.2) is 28.6 Å². The van der Waals surface area contributed by atoms with E-state index in [-0.39, 0.29) is 31.0 Å². The second-order valence-electron chi connectivity index (χ2n) is 5.38. The third kappa shape index (κ3) is 5.55. The van der Waals surface area contributed by atoms with Crippen LogP contribution in [0.2, 0.25) is 0 Å². The van der Waals surface area contributed by atoms with Crippen molar-refractivity contribution in [2.24, 2.45) is 11.1 Å². The first kappa shape index (κ1) is 17.8. The molecule has 1 amide bonds. The van der Waals surface area contributed by atoms with E-state index >= 15 is 0 Å². The first-order chi connectivity index (χ1) is 8.34. The van der Waals surface area contributed by atoms with Crippen molar-refractivity contribution in [1.29, 1.82) is 0 Å². The standard InChI is InChI=1S/C13H21N3O2.ClH/c1-13(2,3)12(18)16-11-4-5-15-7-9(11)6-10(14)8-17;/h4-5,7,10,17H,6,8,14H2,1-3H3,(H,15,16,18);1H. The molecule has 1 rings (SSSR count). The Morgan fingerprint density at radius 3 is 2.68 bits per heavy atom. The van der Waals surface area contributed by atoms with Gasteiger partial charge in [-0.05, 0) is 18.1 Å². The molecule has 0 spiro atoms. The van der Waals surface area contributed by atoms with Gasteiger partial charge in [0.05, 0.1) is 6.61 Å². The number of nitrogens with two attached hydrogens (primary N) is 1. The van der Waals surface area contributed by atoms with Crippen LogP contribution in [0.3, 0.4) is 0 Å². The van der Waals surface area contributed by atoms with E-state index in [0.717, 1.165) is 5.56 Å². The molecule has 1 heterocycles. The number of aliphatic hydroxyl groups excluding tert-OH is 1. The van der Waals surface area contributed by atoms with E-state index in [1.165, 1.54) is 0 Å². The molecule has 0 fully saturated rings. The number of halogens is 1. The van der Waals surface area contributed by atoms with E-state index < -0.39 is 5.41 Å². The van der Waals surface area contributed by atoms with Crippen molar-refractivity contribution in [3.8, 4) is 0 Å². The Morgan fingerprint density at radius 1 is 1.53 bits per heavy atom. The molecular weight excluding hydrogens is 266 g/mol. The van der Waals surface area contributed by atoms with Gasteiger partial charge in [0.25, 0.3) is 0 Å². The van der Waals surface area contributed by atoms with Crippen LogP contribution in [0.25, 0.3) is 0 Å². The van der Waals surface area contributed by atoms with Crippen molar-refractivity contribution in [1.82, 2.24) is 4.98 Å². The van der Waals surface area contributed by atoms with Gasteiger partial charge in [0, 0.05) is 29.5 Å². The number of pyridine rings is 1. The number of nitrogens with zero attached hydrogens (tertiary/aromatic N) is 1. The number of hydrogen-bond donors (Lipinski definition) is 3. The maximum Gasteiger partial charge on any atom is 0.229 e. The van der Waals surface area contributed by atoms with Crippen molar-refractivity contribution in [2.75, 3.05) is 11.9 Å². The zero-order valence-corrected chi connectivity index (χ0v) is 12.3. The van der Waals surface area contributed by atoms with Gasteiger partial charge in [-0.2, -0.15) is 0 Å². The molecule has 0 saturated carbocycles. The monoisotopic (exact) mass is 287 g/mol. The summed E-state index contributed by atoms with van der Waals surface area (Å²) in [5.74, 6) is -0.0625. The average Bonchev–Trinajstić information content (AvgIpc) is 2.30. The number of carbonyl (C=O) groups is 1. The predicted octanol–water partition coefficient (Wildman–Crippen LogP) is 1.35. The molecule has 6 heteroatoms. The molecule has 108 valence electrons. The summed E-state index contributed by atoms with van der Waals surface area (Å²) in [6.07, 6.45) is 3.75. The molecule has 0 aliphatic rings. The number of carbonyl (C=O) groups excluding carboxylic acids is 1. The van der Waals surface area contributed by atoms with Crippen molar-refractivity contribution in [3.63, 3.8) is 0 Å². The molecular formula is C13H22ClN3O2. The Kier molecular flexibility index (Phi) is 6.97. The van der Waals surface area contributed by atoms with E-state index in [4.69, 9.17) is 10.8 Å². The molecule has 5 nitrogen and oxygen atoms in total. The molecule has 0 aliphatic carbocycles. The highest BCUT2D eigenvalue weighted by molar-refractivity contribution is 5.95. The largest absolute Gasteiger partial charge is 0.395 e. The van der Waals surface area contributed by atoms with Crippen LogP contribution in [0.5, 0.6) is 0 Å². The minimum Gasteiger partial charge on any atom is -0.395 e. The van der Waals surface area contributed by atoms with Gasteiger partial charge >= 0.3 is 0 Å². The Hall–Kier alpha value is -1.17. The van der Waals surface area contributed by atoms with Crippen molar-refractivity contribution in [3.05, 3.63) is 24.0 Å². The zero-order chi connectivity index (χ0) is 13.8. The fourth-order valence-corrected chi connectivity index (χ4v) is 1.37. The lowest BCUT2D eigenvalue weighted by Gasteiger charge is -2.19. The maximum atomic E-state index is 11.9. The molecule has 1 aromatic rings. The van der Waals surface area contributed by atoms with E-state index in [2.05, 4.69) is 10.3 Å². The van der Waals surface area contributed by atoms with Crippen LogP contribution in [0.1, 0.15) is 26.3 Å². The fourth-order valence-electron chi connectivity index (χ4n) is 1.37. The smallest absolute Gasteiger partial charge is 0.229 e. The zero-order valence-electron chi connectivity index (χ0n) is 11.5. The van der Waals surface area contributed by atoms with Gasteiger partial charge in [0.2, 0.25) is 5.91 Å². The number of hydrogen-bond acceptors (Lipinski definition) is 4. The van der Waals surface area contributed by atoms with Crippen molar-refractivity contribution < 1.29 is 9.90 Å². The number of nitrogens with one attached hydrogen (secondary N) is 1. The highest BCUT2D eigenvalue weighted by Crippen LogP contribution is 2.20. The first-order valence-corrected chi connectivity index (χ1v) is 5.95.